The molecule has 7 nitrogen and oxygen atoms in total. The van der Waals surface area contributed by atoms with Crippen molar-refractivity contribution in [2.45, 2.75) is 84.1 Å². The summed E-state index contributed by atoms with van der Waals surface area (Å²) in [4.78, 5) is 0. The summed E-state index contributed by atoms with van der Waals surface area (Å²) < 4.78 is 52.4. The van der Waals surface area contributed by atoms with E-state index in [-0.39, 0.29) is 0 Å². The maximum atomic E-state index is 14.1. The van der Waals surface area contributed by atoms with Crippen LogP contribution in [-0.4, -0.2) is 45.8 Å². The third-order valence-corrected chi connectivity index (χ3v) is 18.7. The highest BCUT2D eigenvalue weighted by Gasteiger charge is 2.55. The van der Waals surface area contributed by atoms with E-state index in [1.165, 1.54) is 0 Å². The lowest BCUT2D eigenvalue weighted by molar-refractivity contribution is 0.343. The van der Waals surface area contributed by atoms with Gasteiger partial charge in [-0.3, -0.25) is 14.4 Å². The molecule has 0 radical (unpaired) electrons. The first-order chi connectivity index (χ1) is 11.5. The van der Waals surface area contributed by atoms with Crippen molar-refractivity contribution in [2.75, 3.05) is 7.05 Å². The standard InChI is InChI=1S/C14H41NO6P2Si4/c1-15-14(22(16,18-24(2,3)4)19-25(5,6)7)23(17,20-26(8,9)10)21-27(11,12)13/h14-15H,1-13H3. The summed E-state index contributed by atoms with van der Waals surface area (Å²) in [5, 5.41) is 2.94. The van der Waals surface area contributed by atoms with Gasteiger partial charge in [-0.2, -0.15) is 0 Å². The fourth-order valence-electron chi connectivity index (χ4n) is 2.25. The Hall–Kier alpha value is 1.13. The van der Waals surface area contributed by atoms with E-state index in [0.717, 1.165) is 0 Å². The first kappa shape index (κ1) is 28.1. The van der Waals surface area contributed by atoms with Gasteiger partial charge in [0.05, 0.1) is 0 Å². The van der Waals surface area contributed by atoms with Gasteiger partial charge in [0.15, 0.2) is 33.3 Å². The summed E-state index contributed by atoms with van der Waals surface area (Å²) in [5.41, 5.74) is -1.15. The minimum absolute atomic E-state index is 1.15. The van der Waals surface area contributed by atoms with E-state index in [4.69, 9.17) is 16.9 Å². The van der Waals surface area contributed by atoms with Gasteiger partial charge < -0.3 is 16.9 Å². The molecule has 0 unspecified atom stereocenters. The summed E-state index contributed by atoms with van der Waals surface area (Å²) in [7, 11) is -15.2. The number of hydrogen-bond donors (Lipinski definition) is 1. The Bertz CT molecular complexity index is 502. The quantitative estimate of drug-likeness (QED) is 0.268. The van der Waals surface area contributed by atoms with Crippen molar-refractivity contribution in [1.82, 2.24) is 5.32 Å². The normalized spacial score (nSPS) is 15.5. The molecule has 0 aromatic rings. The van der Waals surface area contributed by atoms with Crippen LogP contribution in [-0.2, 0) is 26.0 Å². The third-order valence-electron chi connectivity index (χ3n) is 2.46. The molecule has 0 aliphatic carbocycles. The second kappa shape index (κ2) is 9.09. The minimum atomic E-state index is -3.82. The van der Waals surface area contributed by atoms with Crippen molar-refractivity contribution < 1.29 is 26.0 Å². The molecule has 27 heavy (non-hydrogen) atoms. The van der Waals surface area contributed by atoms with Crippen molar-refractivity contribution in [3.8, 4) is 0 Å². The first-order valence-corrected chi connectivity index (χ1v) is 26.1. The second-order valence-electron chi connectivity index (χ2n) is 10.6. The lowest BCUT2D eigenvalue weighted by Crippen LogP contribution is -2.41. The van der Waals surface area contributed by atoms with Crippen LogP contribution in [0.2, 0.25) is 78.6 Å². The topological polar surface area (TPSA) is 83.1 Å². The summed E-state index contributed by atoms with van der Waals surface area (Å²) in [5.74, 6) is 0. The average molecular weight is 494 g/mol. The lowest BCUT2D eigenvalue weighted by atomic mass is 11.2. The third kappa shape index (κ3) is 11.2. The fourth-order valence-corrected chi connectivity index (χ4v) is 20.7. The lowest BCUT2D eigenvalue weighted by Gasteiger charge is -2.41. The van der Waals surface area contributed by atoms with Gasteiger partial charge in [-0.05, 0) is 85.6 Å². The highest BCUT2D eigenvalue weighted by Crippen LogP contribution is 2.72. The van der Waals surface area contributed by atoms with E-state index < -0.39 is 54.0 Å². The van der Waals surface area contributed by atoms with Crippen LogP contribution in [0.25, 0.3) is 0 Å². The molecule has 0 aliphatic heterocycles. The van der Waals surface area contributed by atoms with Crippen LogP contribution in [0.5, 0.6) is 0 Å². The Balaban J connectivity index is 6.46. The highest BCUT2D eigenvalue weighted by molar-refractivity contribution is 7.75. The zero-order valence-corrected chi connectivity index (χ0v) is 25.2. The summed E-state index contributed by atoms with van der Waals surface area (Å²) in [6, 6.07) is 0. The zero-order chi connectivity index (χ0) is 22.1. The maximum absolute atomic E-state index is 14.1. The van der Waals surface area contributed by atoms with Crippen LogP contribution in [0.1, 0.15) is 0 Å². The molecular weight excluding hydrogens is 452 g/mol. The smallest absolute Gasteiger partial charge is 0.340 e. The minimum Gasteiger partial charge on any atom is -0.350 e. The average Bonchev–Trinajstić information content (AvgIpc) is 2.15. The Kier molecular flexibility index (Phi) is 9.47. The molecule has 0 amide bonds. The predicted octanol–water partition coefficient (Wildman–Crippen LogP) is 6.28. The van der Waals surface area contributed by atoms with Crippen LogP contribution in [0.15, 0.2) is 0 Å². The van der Waals surface area contributed by atoms with Gasteiger partial charge in [-0.25, -0.2) is 0 Å². The van der Waals surface area contributed by atoms with Crippen LogP contribution >= 0.6 is 15.2 Å². The molecule has 0 bridgehead atoms. The monoisotopic (exact) mass is 493 g/mol. The van der Waals surface area contributed by atoms with E-state index in [9.17, 15) is 9.13 Å². The van der Waals surface area contributed by atoms with Gasteiger partial charge >= 0.3 is 15.2 Å². The molecule has 0 fully saturated rings. The molecule has 0 saturated carbocycles. The summed E-state index contributed by atoms with van der Waals surface area (Å²) >= 11 is 0. The Morgan fingerprint density at radius 1 is 0.556 bits per heavy atom. The summed E-state index contributed by atoms with van der Waals surface area (Å²) in [6.07, 6.45) is 0. The van der Waals surface area contributed by atoms with Gasteiger partial charge in [-0.15, -0.1) is 0 Å². The Morgan fingerprint density at radius 3 is 0.852 bits per heavy atom. The fraction of sp³-hybridized carbons (Fsp3) is 1.00. The predicted molar refractivity (Wildman–Crippen MR) is 126 cm³/mol. The molecule has 0 aromatic heterocycles. The number of nitrogens with one attached hydrogen (secondary N) is 1. The van der Waals surface area contributed by atoms with Gasteiger partial charge in [-0.1, -0.05) is 0 Å². The molecule has 164 valence electrons. The molecule has 0 spiro atoms. The zero-order valence-electron chi connectivity index (χ0n) is 19.4. The van der Waals surface area contributed by atoms with E-state index in [1.54, 1.807) is 7.05 Å². The van der Waals surface area contributed by atoms with Gasteiger partial charge in [0.1, 0.15) is 0 Å². The summed E-state index contributed by atoms with van der Waals surface area (Å²) in [6.45, 7) is 23.2. The largest absolute Gasteiger partial charge is 0.350 e. The molecule has 13 heteroatoms. The molecule has 1 N–H and O–H groups in total. The van der Waals surface area contributed by atoms with E-state index in [0.29, 0.717) is 0 Å². The van der Waals surface area contributed by atoms with Crippen molar-refractivity contribution in [3.63, 3.8) is 0 Å². The van der Waals surface area contributed by atoms with Crippen LogP contribution in [0.3, 0.4) is 0 Å². The Labute approximate surface area is 170 Å². The van der Waals surface area contributed by atoms with Gasteiger partial charge in [0.25, 0.3) is 0 Å². The van der Waals surface area contributed by atoms with E-state index in [1.807, 2.05) is 78.6 Å². The van der Waals surface area contributed by atoms with Crippen LogP contribution in [0.4, 0.5) is 0 Å². The number of hydrogen-bond acceptors (Lipinski definition) is 7. The highest BCUT2D eigenvalue weighted by atomic mass is 31.2. The van der Waals surface area contributed by atoms with Gasteiger partial charge in [0.2, 0.25) is 5.52 Å². The first-order valence-electron chi connectivity index (χ1n) is 9.22. The SMILES string of the molecule is CNC(P(=O)(O[Si](C)(C)C)O[Si](C)(C)C)P(=O)(O[Si](C)(C)C)O[Si](C)(C)C. The van der Waals surface area contributed by atoms with Crippen molar-refractivity contribution in [1.29, 1.82) is 0 Å². The molecule has 0 rings (SSSR count). The molecule has 0 aromatic carbocycles. The van der Waals surface area contributed by atoms with Crippen molar-refractivity contribution in [2.24, 2.45) is 0 Å². The van der Waals surface area contributed by atoms with E-state index in [2.05, 4.69) is 5.32 Å². The Morgan fingerprint density at radius 2 is 0.741 bits per heavy atom. The molecule has 0 heterocycles. The molecular formula is C14H41NO6P2Si4. The van der Waals surface area contributed by atoms with Crippen molar-refractivity contribution in [3.05, 3.63) is 0 Å². The van der Waals surface area contributed by atoms with E-state index >= 15 is 0 Å². The second-order valence-corrected chi connectivity index (χ2v) is 34.0. The number of rotatable bonds is 11. The van der Waals surface area contributed by atoms with Crippen molar-refractivity contribution >= 4 is 48.5 Å². The van der Waals surface area contributed by atoms with Crippen LogP contribution < -0.4 is 5.32 Å². The molecule has 0 saturated heterocycles. The molecule has 0 aliphatic rings. The van der Waals surface area contributed by atoms with Gasteiger partial charge in [0, 0.05) is 0 Å². The molecule has 0 atom stereocenters. The maximum Gasteiger partial charge on any atom is 0.340 e. The van der Waals surface area contributed by atoms with Crippen LogP contribution in [0, 0.1) is 0 Å².